The third kappa shape index (κ3) is 5.71. The van der Waals surface area contributed by atoms with E-state index in [2.05, 4.69) is 10.6 Å². The predicted molar refractivity (Wildman–Crippen MR) is 127 cm³/mol. The van der Waals surface area contributed by atoms with Crippen molar-refractivity contribution in [2.45, 2.75) is 0 Å². The van der Waals surface area contributed by atoms with Crippen LogP contribution in [0.3, 0.4) is 0 Å². The lowest BCUT2D eigenvalue weighted by Crippen LogP contribution is -2.54. The van der Waals surface area contributed by atoms with E-state index in [1.807, 2.05) is 0 Å². The van der Waals surface area contributed by atoms with Crippen LogP contribution in [0.15, 0.2) is 78.4 Å². The maximum absolute atomic E-state index is 13.0. The third-order valence-electron chi connectivity index (χ3n) is 4.85. The van der Waals surface area contributed by atoms with Crippen LogP contribution in [-0.4, -0.2) is 30.4 Å². The Morgan fingerprint density at radius 1 is 1.03 bits per heavy atom. The number of rotatable bonds is 6. The van der Waals surface area contributed by atoms with Gasteiger partial charge in [-0.3, -0.25) is 19.7 Å². The number of anilines is 2. The molecule has 3 aromatic carbocycles. The number of amides is 5. The van der Waals surface area contributed by atoms with Gasteiger partial charge < -0.3 is 10.1 Å². The van der Waals surface area contributed by atoms with E-state index in [4.69, 9.17) is 16.3 Å². The first kappa shape index (κ1) is 23.7. The average molecular weight is 494 g/mol. The Kier molecular flexibility index (Phi) is 6.88. The van der Waals surface area contributed by atoms with Gasteiger partial charge in [0.1, 0.15) is 17.1 Å². The highest BCUT2D eigenvalue weighted by Crippen LogP contribution is 2.24. The molecule has 35 heavy (non-hydrogen) atoms. The molecule has 0 spiro atoms. The summed E-state index contributed by atoms with van der Waals surface area (Å²) in [5.41, 5.74) is 0.843. The van der Waals surface area contributed by atoms with Crippen LogP contribution in [0.25, 0.3) is 6.08 Å². The van der Waals surface area contributed by atoms with Crippen LogP contribution in [0.5, 0.6) is 5.75 Å². The minimum absolute atomic E-state index is 0.250. The number of benzene rings is 3. The van der Waals surface area contributed by atoms with Gasteiger partial charge in [0.15, 0.2) is 6.61 Å². The van der Waals surface area contributed by atoms with Crippen molar-refractivity contribution in [3.05, 3.63) is 94.8 Å². The Morgan fingerprint density at radius 2 is 1.74 bits per heavy atom. The maximum atomic E-state index is 13.0. The van der Waals surface area contributed by atoms with Crippen molar-refractivity contribution in [2.75, 3.05) is 16.8 Å². The number of ether oxygens (including phenoxy) is 1. The Bertz CT molecular complexity index is 1340. The minimum atomic E-state index is -0.872. The summed E-state index contributed by atoms with van der Waals surface area (Å²) < 4.78 is 18.5. The average Bonchev–Trinajstić information content (AvgIpc) is 2.83. The smallest absolute Gasteiger partial charge is 0.335 e. The number of nitrogens with zero attached hydrogens (tertiary/aromatic N) is 1. The number of carbonyl (C=O) groups is 4. The second-order valence-electron chi connectivity index (χ2n) is 7.35. The van der Waals surface area contributed by atoms with Crippen molar-refractivity contribution in [3.8, 4) is 5.75 Å². The monoisotopic (exact) mass is 493 g/mol. The van der Waals surface area contributed by atoms with Crippen molar-refractivity contribution in [1.29, 1.82) is 0 Å². The first-order valence-corrected chi connectivity index (χ1v) is 10.6. The Morgan fingerprint density at radius 3 is 2.46 bits per heavy atom. The molecule has 2 N–H and O–H groups in total. The van der Waals surface area contributed by atoms with Gasteiger partial charge in [-0.15, -0.1) is 0 Å². The zero-order valence-corrected chi connectivity index (χ0v) is 18.7. The topological polar surface area (TPSA) is 105 Å². The van der Waals surface area contributed by atoms with Crippen molar-refractivity contribution in [3.63, 3.8) is 0 Å². The summed E-state index contributed by atoms with van der Waals surface area (Å²) in [6.45, 7) is -0.324. The van der Waals surface area contributed by atoms with E-state index in [9.17, 15) is 23.6 Å². The molecule has 1 fully saturated rings. The summed E-state index contributed by atoms with van der Waals surface area (Å²) in [4.78, 5) is 50.6. The van der Waals surface area contributed by atoms with Gasteiger partial charge in [0, 0.05) is 10.7 Å². The number of imide groups is 2. The lowest BCUT2D eigenvalue weighted by molar-refractivity contribution is -0.122. The Balaban J connectivity index is 1.47. The fourth-order valence-electron chi connectivity index (χ4n) is 3.22. The molecule has 0 bridgehead atoms. The molecule has 1 saturated heterocycles. The molecule has 10 heteroatoms. The normalized spacial score (nSPS) is 14.6. The van der Waals surface area contributed by atoms with Crippen LogP contribution < -0.4 is 20.3 Å². The number of halogens is 2. The molecule has 0 aromatic heterocycles. The molecule has 3 aromatic rings. The first-order chi connectivity index (χ1) is 16.8. The molecule has 176 valence electrons. The fraction of sp³-hybridized carbons (Fsp3) is 0.0400. The summed E-state index contributed by atoms with van der Waals surface area (Å²) in [5, 5.41) is 5.14. The molecule has 8 nitrogen and oxygen atoms in total. The largest absolute Gasteiger partial charge is 0.484 e. The molecule has 1 aliphatic heterocycles. The number of nitrogens with one attached hydrogen (secondary N) is 2. The maximum Gasteiger partial charge on any atom is 0.335 e. The standard InChI is InChI=1S/C25H17ClFN3O5/c26-16-4-10-19(11-5-16)30-24(33)21(23(32)29-25(30)34)13-15-2-1-3-20(12-15)35-14-22(31)28-18-8-6-17(27)7-9-18/h1-13H,14H2,(H,28,31)(H,29,32,34). The van der Waals surface area contributed by atoms with Crippen LogP contribution in [0.4, 0.5) is 20.6 Å². The zero-order chi connectivity index (χ0) is 24.9. The van der Waals surface area contributed by atoms with E-state index in [1.165, 1.54) is 60.7 Å². The van der Waals surface area contributed by atoms with Crippen LogP contribution in [0.2, 0.25) is 5.02 Å². The van der Waals surface area contributed by atoms with Crippen LogP contribution in [-0.2, 0) is 14.4 Å². The lowest BCUT2D eigenvalue weighted by Gasteiger charge is -2.26. The molecule has 1 heterocycles. The molecule has 0 saturated carbocycles. The predicted octanol–water partition coefficient (Wildman–Crippen LogP) is 4.16. The van der Waals surface area contributed by atoms with Gasteiger partial charge in [0.05, 0.1) is 5.69 Å². The molecule has 1 aliphatic rings. The summed E-state index contributed by atoms with van der Waals surface area (Å²) >= 11 is 5.87. The molecule has 0 unspecified atom stereocenters. The minimum Gasteiger partial charge on any atom is -0.484 e. The molecule has 0 atom stereocenters. The van der Waals surface area contributed by atoms with Gasteiger partial charge in [-0.1, -0.05) is 23.7 Å². The van der Waals surface area contributed by atoms with E-state index in [1.54, 1.807) is 18.2 Å². The van der Waals surface area contributed by atoms with Gasteiger partial charge in [0.25, 0.3) is 17.7 Å². The highest BCUT2D eigenvalue weighted by molar-refractivity contribution is 6.39. The van der Waals surface area contributed by atoms with Gasteiger partial charge >= 0.3 is 6.03 Å². The highest BCUT2D eigenvalue weighted by Gasteiger charge is 2.36. The summed E-state index contributed by atoms with van der Waals surface area (Å²) in [6.07, 6.45) is 1.32. The second kappa shape index (κ2) is 10.2. The number of urea groups is 1. The molecular formula is C25H17ClFN3O5. The van der Waals surface area contributed by atoms with Crippen molar-refractivity contribution < 1.29 is 28.3 Å². The van der Waals surface area contributed by atoms with E-state index in [0.29, 0.717) is 22.0 Å². The van der Waals surface area contributed by atoms with E-state index in [-0.39, 0.29) is 17.9 Å². The quantitative estimate of drug-likeness (QED) is 0.396. The summed E-state index contributed by atoms with van der Waals surface area (Å²) in [7, 11) is 0. The number of hydrogen-bond donors (Lipinski definition) is 2. The van der Waals surface area contributed by atoms with Gasteiger partial charge in [-0.2, -0.15) is 0 Å². The summed E-state index contributed by atoms with van der Waals surface area (Å²) in [6, 6.07) is 16.8. The van der Waals surface area contributed by atoms with Crippen LogP contribution in [0, 0.1) is 5.82 Å². The molecule has 0 aliphatic carbocycles. The SMILES string of the molecule is O=C(COc1cccc(C=C2C(=O)NC(=O)N(c3ccc(Cl)cc3)C2=O)c1)Nc1ccc(F)cc1. The second-order valence-corrected chi connectivity index (χ2v) is 7.79. The molecule has 5 amide bonds. The van der Waals surface area contributed by atoms with Gasteiger partial charge in [-0.25, -0.2) is 14.1 Å². The number of barbiturate groups is 1. The van der Waals surface area contributed by atoms with Crippen molar-refractivity contribution in [1.82, 2.24) is 5.32 Å². The fourth-order valence-corrected chi connectivity index (χ4v) is 3.35. The van der Waals surface area contributed by atoms with E-state index in [0.717, 1.165) is 4.90 Å². The highest BCUT2D eigenvalue weighted by atomic mass is 35.5. The number of hydrogen-bond acceptors (Lipinski definition) is 5. The van der Waals surface area contributed by atoms with Gasteiger partial charge in [0.2, 0.25) is 0 Å². The van der Waals surface area contributed by atoms with Crippen LogP contribution >= 0.6 is 11.6 Å². The zero-order valence-electron chi connectivity index (χ0n) is 18.0. The number of carbonyl (C=O) groups excluding carboxylic acids is 4. The summed E-state index contributed by atoms with van der Waals surface area (Å²) in [5.74, 6) is -2.21. The molecular weight excluding hydrogens is 477 g/mol. The Labute approximate surface area is 203 Å². The first-order valence-electron chi connectivity index (χ1n) is 10.3. The Hall–Kier alpha value is -4.50. The third-order valence-corrected chi connectivity index (χ3v) is 5.11. The van der Waals surface area contributed by atoms with Crippen LogP contribution in [0.1, 0.15) is 5.56 Å². The molecule has 0 radical (unpaired) electrons. The van der Waals surface area contributed by atoms with Gasteiger partial charge in [-0.05, 0) is 72.3 Å². The van der Waals surface area contributed by atoms with E-state index >= 15 is 0 Å². The van der Waals surface area contributed by atoms with Crippen molar-refractivity contribution >= 4 is 52.8 Å². The van der Waals surface area contributed by atoms with Crippen molar-refractivity contribution in [2.24, 2.45) is 0 Å². The van der Waals surface area contributed by atoms with E-state index < -0.39 is 29.6 Å². The lowest BCUT2D eigenvalue weighted by atomic mass is 10.1. The molecule has 4 rings (SSSR count).